The second kappa shape index (κ2) is 5.99. The second-order valence-electron chi connectivity index (χ2n) is 6.41. The molecular weight excluding hydrogens is 282 g/mol. The van der Waals surface area contributed by atoms with E-state index in [4.69, 9.17) is 9.84 Å². The molecule has 2 saturated carbocycles. The highest BCUT2D eigenvalue weighted by molar-refractivity contribution is 5.73. The Labute approximate surface area is 129 Å². The number of ether oxygens (including phenoxy) is 1. The molecule has 1 aromatic carbocycles. The van der Waals surface area contributed by atoms with Crippen LogP contribution < -0.4 is 5.32 Å². The number of hydrogen-bond acceptors (Lipinski definition) is 3. The van der Waals surface area contributed by atoms with Gasteiger partial charge in [0.1, 0.15) is 6.61 Å². The Balaban J connectivity index is 1.59. The van der Waals surface area contributed by atoms with Crippen LogP contribution in [0.4, 0.5) is 4.79 Å². The minimum Gasteiger partial charge on any atom is -0.481 e. The molecule has 2 aliphatic carbocycles. The van der Waals surface area contributed by atoms with E-state index in [2.05, 4.69) is 5.32 Å². The predicted molar refractivity (Wildman–Crippen MR) is 80.2 cm³/mol. The van der Waals surface area contributed by atoms with Crippen LogP contribution in [0.25, 0.3) is 0 Å². The predicted octanol–water partition coefficient (Wildman–Crippen LogP) is 2.95. The van der Waals surface area contributed by atoms with Crippen LogP contribution in [0.3, 0.4) is 0 Å². The maximum absolute atomic E-state index is 12.1. The third kappa shape index (κ3) is 2.93. The molecule has 22 heavy (non-hydrogen) atoms. The Kier molecular flexibility index (Phi) is 4.05. The number of carboxylic acids is 1. The van der Waals surface area contributed by atoms with Gasteiger partial charge in [-0.05, 0) is 36.7 Å². The van der Waals surface area contributed by atoms with Gasteiger partial charge in [0, 0.05) is 0 Å². The first-order valence-corrected chi connectivity index (χ1v) is 7.80. The minimum absolute atomic E-state index is 0.0192. The maximum Gasteiger partial charge on any atom is 0.407 e. The Morgan fingerprint density at radius 1 is 1.27 bits per heavy atom. The Hall–Kier alpha value is -2.04. The van der Waals surface area contributed by atoms with Gasteiger partial charge in [0.05, 0.1) is 12.0 Å². The van der Waals surface area contributed by atoms with Crippen LogP contribution in [0, 0.1) is 11.8 Å². The van der Waals surface area contributed by atoms with Crippen molar-refractivity contribution in [3.63, 3.8) is 0 Å². The molecular formula is C17H21NO4. The second-order valence-corrected chi connectivity index (χ2v) is 6.41. The molecule has 5 nitrogen and oxygen atoms in total. The number of alkyl carbamates (subject to hydrolysis) is 1. The lowest BCUT2D eigenvalue weighted by atomic mass is 9.59. The number of amides is 1. The lowest BCUT2D eigenvalue weighted by Crippen LogP contribution is -2.63. The number of hydrogen-bond donors (Lipinski definition) is 2. The summed E-state index contributed by atoms with van der Waals surface area (Å²) < 4.78 is 5.25. The molecule has 1 aromatic rings. The van der Waals surface area contributed by atoms with Crippen LogP contribution >= 0.6 is 0 Å². The van der Waals surface area contributed by atoms with Crippen molar-refractivity contribution < 1.29 is 19.4 Å². The molecule has 0 bridgehead atoms. The van der Waals surface area contributed by atoms with Crippen molar-refractivity contribution in [3.8, 4) is 0 Å². The van der Waals surface area contributed by atoms with Crippen LogP contribution in [0.1, 0.15) is 37.7 Å². The first kappa shape index (κ1) is 14.9. The fourth-order valence-corrected chi connectivity index (χ4v) is 4.09. The number of benzene rings is 1. The van der Waals surface area contributed by atoms with Crippen LogP contribution in [-0.2, 0) is 16.1 Å². The van der Waals surface area contributed by atoms with Crippen molar-refractivity contribution in [3.05, 3.63) is 35.9 Å². The largest absolute Gasteiger partial charge is 0.481 e. The molecule has 2 N–H and O–H groups in total. The quantitative estimate of drug-likeness (QED) is 0.877. The van der Waals surface area contributed by atoms with Gasteiger partial charge in [-0.3, -0.25) is 4.79 Å². The van der Waals surface area contributed by atoms with Crippen LogP contribution in [0.2, 0.25) is 0 Å². The summed E-state index contributed by atoms with van der Waals surface area (Å²) in [6, 6.07) is 9.45. The van der Waals surface area contributed by atoms with Crippen molar-refractivity contribution in [2.75, 3.05) is 0 Å². The molecule has 2 fully saturated rings. The fourth-order valence-electron chi connectivity index (χ4n) is 4.09. The molecule has 0 spiro atoms. The number of nitrogens with one attached hydrogen (secondary N) is 1. The summed E-state index contributed by atoms with van der Waals surface area (Å²) in [6.45, 7) is 0.198. The SMILES string of the molecule is O=C(O)CC1(NC(=O)OCc2ccccc2)C[C@H]2CCC[C@H]21. The van der Waals surface area contributed by atoms with Gasteiger partial charge in [0.25, 0.3) is 0 Å². The van der Waals surface area contributed by atoms with Gasteiger partial charge >= 0.3 is 12.1 Å². The van der Waals surface area contributed by atoms with E-state index in [-0.39, 0.29) is 18.9 Å². The van der Waals surface area contributed by atoms with Gasteiger partial charge in [-0.15, -0.1) is 0 Å². The molecule has 0 heterocycles. The fraction of sp³-hybridized carbons (Fsp3) is 0.529. The normalized spacial score (nSPS) is 29.3. The van der Waals surface area contributed by atoms with Gasteiger partial charge in [-0.2, -0.15) is 0 Å². The molecule has 2 aliphatic rings. The summed E-state index contributed by atoms with van der Waals surface area (Å²) in [5.74, 6) is -0.0182. The summed E-state index contributed by atoms with van der Waals surface area (Å²) in [5, 5.41) is 12.0. The van der Waals surface area contributed by atoms with Crippen LogP contribution in [0.5, 0.6) is 0 Å². The average Bonchev–Trinajstić information content (AvgIpc) is 2.88. The number of carboxylic acid groups (broad SMARTS) is 1. The van der Waals surface area contributed by atoms with E-state index in [0.717, 1.165) is 31.2 Å². The monoisotopic (exact) mass is 303 g/mol. The lowest BCUT2D eigenvalue weighted by molar-refractivity contribution is -0.141. The smallest absolute Gasteiger partial charge is 0.407 e. The number of aliphatic carboxylic acids is 1. The third-order valence-electron chi connectivity index (χ3n) is 5.03. The topological polar surface area (TPSA) is 75.6 Å². The minimum atomic E-state index is -0.867. The van der Waals surface area contributed by atoms with Gasteiger partial charge in [0.15, 0.2) is 0 Å². The Morgan fingerprint density at radius 2 is 2.05 bits per heavy atom. The molecule has 3 rings (SSSR count). The summed E-state index contributed by atoms with van der Waals surface area (Å²) in [7, 11) is 0. The summed E-state index contributed by atoms with van der Waals surface area (Å²) in [5.41, 5.74) is 0.304. The van der Waals surface area contributed by atoms with Crippen molar-refractivity contribution in [1.82, 2.24) is 5.32 Å². The number of rotatable bonds is 5. The van der Waals surface area contributed by atoms with Crippen LogP contribution in [-0.4, -0.2) is 22.7 Å². The average molecular weight is 303 g/mol. The summed E-state index contributed by atoms with van der Waals surface area (Å²) in [4.78, 5) is 23.2. The van der Waals surface area contributed by atoms with Crippen molar-refractivity contribution in [1.29, 1.82) is 0 Å². The Morgan fingerprint density at radius 3 is 2.73 bits per heavy atom. The van der Waals surface area contributed by atoms with E-state index in [9.17, 15) is 9.59 Å². The molecule has 5 heteroatoms. The van der Waals surface area contributed by atoms with E-state index in [1.54, 1.807) is 0 Å². The van der Waals surface area contributed by atoms with Gasteiger partial charge in [-0.25, -0.2) is 4.79 Å². The zero-order valence-electron chi connectivity index (χ0n) is 12.5. The molecule has 0 radical (unpaired) electrons. The van der Waals surface area contributed by atoms with Gasteiger partial charge in [-0.1, -0.05) is 36.8 Å². The molecule has 118 valence electrons. The number of carbonyl (C=O) groups is 2. The first-order valence-electron chi connectivity index (χ1n) is 7.80. The number of fused-ring (bicyclic) bond motifs is 1. The van der Waals surface area contributed by atoms with E-state index in [0.29, 0.717) is 5.92 Å². The maximum atomic E-state index is 12.1. The first-order chi connectivity index (χ1) is 10.6. The third-order valence-corrected chi connectivity index (χ3v) is 5.03. The highest BCUT2D eigenvalue weighted by atomic mass is 16.5. The van der Waals surface area contributed by atoms with E-state index < -0.39 is 17.6 Å². The zero-order valence-corrected chi connectivity index (χ0v) is 12.5. The molecule has 0 saturated heterocycles. The zero-order chi connectivity index (χ0) is 15.6. The molecule has 1 unspecified atom stereocenters. The summed E-state index contributed by atoms with van der Waals surface area (Å²) in [6.07, 6.45) is 3.48. The van der Waals surface area contributed by atoms with E-state index in [1.807, 2.05) is 30.3 Å². The van der Waals surface area contributed by atoms with Crippen molar-refractivity contribution in [2.45, 2.75) is 44.2 Å². The lowest BCUT2D eigenvalue weighted by Gasteiger charge is -2.52. The highest BCUT2D eigenvalue weighted by Crippen LogP contribution is 2.55. The van der Waals surface area contributed by atoms with Crippen molar-refractivity contribution >= 4 is 12.1 Å². The highest BCUT2D eigenvalue weighted by Gasteiger charge is 2.57. The molecule has 3 atom stereocenters. The van der Waals surface area contributed by atoms with E-state index >= 15 is 0 Å². The Bertz CT molecular complexity index is 559. The molecule has 1 amide bonds. The van der Waals surface area contributed by atoms with Gasteiger partial charge in [0.2, 0.25) is 0 Å². The molecule has 0 aromatic heterocycles. The van der Waals surface area contributed by atoms with Crippen molar-refractivity contribution in [2.24, 2.45) is 11.8 Å². The van der Waals surface area contributed by atoms with Gasteiger partial charge < -0.3 is 15.2 Å². The standard InChI is InChI=1S/C17H21NO4/c19-15(20)10-17(9-13-7-4-8-14(13)17)18-16(21)22-11-12-5-2-1-3-6-12/h1-3,5-6,13-14H,4,7-11H2,(H,18,21)(H,19,20)/t13-,14-,17?/m1/s1. The van der Waals surface area contributed by atoms with E-state index in [1.165, 1.54) is 0 Å². The van der Waals surface area contributed by atoms with Crippen LogP contribution in [0.15, 0.2) is 30.3 Å². The number of carbonyl (C=O) groups excluding carboxylic acids is 1. The molecule has 0 aliphatic heterocycles. The summed E-state index contributed by atoms with van der Waals surface area (Å²) >= 11 is 0.